The number of thioether (sulfide) groups is 1. The maximum absolute atomic E-state index is 12.5. The Hall–Kier alpha value is -2.84. The number of sulfonamides is 1. The summed E-state index contributed by atoms with van der Waals surface area (Å²) in [5.74, 6) is -0.800. The number of nitrogens with one attached hydrogen (secondary N) is 1. The number of hydrogen-bond donors (Lipinski definition) is 1. The Morgan fingerprint density at radius 1 is 0.926 bits per heavy atom. The molecule has 27 heavy (non-hydrogen) atoms. The highest BCUT2D eigenvalue weighted by Gasteiger charge is 2.24. The number of carbonyl (C=O) groups is 2. The van der Waals surface area contributed by atoms with E-state index in [1.807, 2.05) is 35.1 Å². The van der Waals surface area contributed by atoms with E-state index in [0.29, 0.717) is 4.90 Å². The van der Waals surface area contributed by atoms with Crippen molar-refractivity contribution in [1.82, 2.24) is 4.72 Å². The number of methoxy groups -OCH3 is 1. The average molecular weight is 401 g/mol. The lowest BCUT2D eigenvalue weighted by atomic mass is 10.1. The molecule has 0 radical (unpaired) electrons. The molecule has 0 saturated heterocycles. The lowest BCUT2D eigenvalue weighted by Crippen LogP contribution is -2.28. The quantitative estimate of drug-likeness (QED) is 0.528. The molecule has 0 unspecified atom stereocenters. The van der Waals surface area contributed by atoms with E-state index in [1.54, 1.807) is 12.1 Å². The Morgan fingerprint density at radius 2 is 1.59 bits per heavy atom. The van der Waals surface area contributed by atoms with Gasteiger partial charge in [-0.25, -0.2) is 17.9 Å². The van der Waals surface area contributed by atoms with Gasteiger partial charge in [-0.15, -0.1) is 0 Å². The lowest BCUT2D eigenvalue weighted by molar-refractivity contribution is 0.0596. The molecule has 0 spiro atoms. The molecule has 8 heteroatoms. The predicted molar refractivity (Wildman–Crippen MR) is 103 cm³/mol. The number of rotatable bonds is 4. The molecule has 6 nitrogen and oxygen atoms in total. The lowest BCUT2D eigenvalue weighted by Gasteiger charge is -2.10. The van der Waals surface area contributed by atoms with E-state index < -0.39 is 21.2 Å². The second kappa shape index (κ2) is 7.81. The molecule has 3 aromatic rings. The van der Waals surface area contributed by atoms with Crippen molar-refractivity contribution in [1.29, 1.82) is 0 Å². The Labute approximate surface area is 160 Å². The Kier molecular flexibility index (Phi) is 5.48. The second-order valence-electron chi connectivity index (χ2n) is 5.49. The summed E-state index contributed by atoms with van der Waals surface area (Å²) in [6, 6.07) is 18.6. The van der Waals surface area contributed by atoms with E-state index in [4.69, 9.17) is 0 Å². The van der Waals surface area contributed by atoms with Crippen LogP contribution in [0.1, 0.15) is 10.4 Å². The van der Waals surface area contributed by atoms with Crippen LogP contribution in [0.4, 0.5) is 4.79 Å². The van der Waals surface area contributed by atoms with E-state index in [0.717, 1.165) is 29.6 Å². The first-order valence-electron chi connectivity index (χ1n) is 7.81. The van der Waals surface area contributed by atoms with Gasteiger partial charge in [0.2, 0.25) is 0 Å². The normalized spacial score (nSPS) is 11.1. The summed E-state index contributed by atoms with van der Waals surface area (Å²) < 4.78 is 31.6. The van der Waals surface area contributed by atoms with Crippen molar-refractivity contribution in [2.45, 2.75) is 9.79 Å². The number of esters is 1. The minimum Gasteiger partial charge on any atom is -0.465 e. The van der Waals surface area contributed by atoms with Gasteiger partial charge in [-0.3, -0.25) is 4.79 Å². The first kappa shape index (κ1) is 18.9. The van der Waals surface area contributed by atoms with E-state index in [2.05, 4.69) is 4.74 Å². The van der Waals surface area contributed by atoms with Gasteiger partial charge >= 0.3 is 5.97 Å². The summed E-state index contributed by atoms with van der Waals surface area (Å²) in [5.41, 5.74) is -0.143. The Bertz CT molecular complexity index is 1130. The van der Waals surface area contributed by atoms with E-state index in [9.17, 15) is 18.0 Å². The van der Waals surface area contributed by atoms with Crippen LogP contribution in [0.5, 0.6) is 0 Å². The number of benzene rings is 3. The van der Waals surface area contributed by atoms with Crippen LogP contribution in [0.2, 0.25) is 0 Å². The molecule has 0 aliphatic rings. The summed E-state index contributed by atoms with van der Waals surface area (Å²) in [6.45, 7) is 0. The summed E-state index contributed by atoms with van der Waals surface area (Å²) in [6.07, 6.45) is 0. The van der Waals surface area contributed by atoms with Crippen molar-refractivity contribution in [2.24, 2.45) is 0 Å². The molecule has 0 saturated carbocycles. The Balaban J connectivity index is 1.81. The fourth-order valence-electron chi connectivity index (χ4n) is 2.50. The van der Waals surface area contributed by atoms with Gasteiger partial charge in [0, 0.05) is 4.90 Å². The molecular weight excluding hydrogens is 386 g/mol. The summed E-state index contributed by atoms with van der Waals surface area (Å²) in [5, 5.41) is 1.18. The number of hydrogen-bond acceptors (Lipinski definition) is 6. The molecule has 0 aliphatic heterocycles. The van der Waals surface area contributed by atoms with Crippen LogP contribution >= 0.6 is 11.8 Å². The molecule has 0 heterocycles. The van der Waals surface area contributed by atoms with Gasteiger partial charge < -0.3 is 4.74 Å². The van der Waals surface area contributed by atoms with Gasteiger partial charge in [-0.2, -0.15) is 0 Å². The van der Waals surface area contributed by atoms with Crippen molar-refractivity contribution < 1.29 is 22.7 Å². The molecular formula is C19H15NO5S2. The largest absolute Gasteiger partial charge is 0.465 e. The maximum atomic E-state index is 12.5. The summed E-state index contributed by atoms with van der Waals surface area (Å²) >= 11 is 0.755. The highest BCUT2D eigenvalue weighted by molar-refractivity contribution is 8.14. The molecule has 0 bridgehead atoms. The van der Waals surface area contributed by atoms with Crippen molar-refractivity contribution in [3.63, 3.8) is 0 Å². The van der Waals surface area contributed by atoms with Crippen LogP contribution in [0.25, 0.3) is 10.8 Å². The van der Waals surface area contributed by atoms with Crippen molar-refractivity contribution >= 4 is 43.8 Å². The van der Waals surface area contributed by atoms with Crippen LogP contribution in [0, 0.1) is 0 Å². The number of amides is 1. The van der Waals surface area contributed by atoms with Crippen molar-refractivity contribution in [3.8, 4) is 0 Å². The topological polar surface area (TPSA) is 89.5 Å². The van der Waals surface area contributed by atoms with E-state index in [1.165, 1.54) is 24.3 Å². The SMILES string of the molecule is COC(=O)c1ccccc1S(=O)(=O)NC(=O)Sc1ccc2ccccc2c1. The van der Waals surface area contributed by atoms with E-state index >= 15 is 0 Å². The zero-order valence-corrected chi connectivity index (χ0v) is 15.8. The fourth-order valence-corrected chi connectivity index (χ4v) is 4.56. The summed E-state index contributed by atoms with van der Waals surface area (Å²) in [7, 11) is -3.08. The zero-order chi connectivity index (χ0) is 19.4. The van der Waals surface area contributed by atoms with Gasteiger partial charge in [0.1, 0.15) is 4.90 Å². The molecule has 138 valence electrons. The first-order valence-corrected chi connectivity index (χ1v) is 10.1. The predicted octanol–water partition coefficient (Wildman–Crippen LogP) is 3.82. The Morgan fingerprint density at radius 3 is 2.33 bits per heavy atom. The number of fused-ring (bicyclic) bond motifs is 1. The van der Waals surface area contributed by atoms with Crippen LogP contribution < -0.4 is 4.72 Å². The van der Waals surface area contributed by atoms with Crippen LogP contribution in [0.3, 0.4) is 0 Å². The highest BCUT2D eigenvalue weighted by Crippen LogP contribution is 2.25. The molecule has 3 aromatic carbocycles. The molecule has 0 fully saturated rings. The van der Waals surface area contributed by atoms with Gasteiger partial charge in [0.05, 0.1) is 12.7 Å². The molecule has 0 aromatic heterocycles. The first-order chi connectivity index (χ1) is 12.9. The number of ether oxygens (including phenoxy) is 1. The summed E-state index contributed by atoms with van der Waals surface area (Å²) in [4.78, 5) is 24.3. The van der Waals surface area contributed by atoms with Crippen molar-refractivity contribution in [2.75, 3.05) is 7.11 Å². The standard InChI is InChI=1S/C19H15NO5S2/c1-25-18(21)16-8-4-5-9-17(16)27(23,24)20-19(22)26-15-11-10-13-6-2-3-7-14(13)12-15/h2-12H,1H3,(H,20,22). The van der Waals surface area contributed by atoms with Crippen LogP contribution in [0.15, 0.2) is 76.5 Å². The second-order valence-corrected chi connectivity index (χ2v) is 8.19. The van der Waals surface area contributed by atoms with Gasteiger partial charge in [-0.05, 0) is 46.8 Å². The smallest absolute Gasteiger partial charge is 0.339 e. The van der Waals surface area contributed by atoms with Crippen molar-refractivity contribution in [3.05, 3.63) is 72.3 Å². The maximum Gasteiger partial charge on any atom is 0.339 e. The average Bonchev–Trinajstić information content (AvgIpc) is 2.66. The molecule has 3 rings (SSSR count). The van der Waals surface area contributed by atoms with Crippen LogP contribution in [-0.4, -0.2) is 26.7 Å². The van der Waals surface area contributed by atoms with Gasteiger partial charge in [-0.1, -0.05) is 42.5 Å². The number of carbonyl (C=O) groups excluding carboxylic acids is 2. The van der Waals surface area contributed by atoms with E-state index in [-0.39, 0.29) is 10.5 Å². The molecule has 0 atom stereocenters. The monoisotopic (exact) mass is 401 g/mol. The third-order valence-corrected chi connectivity index (χ3v) is 6.03. The third-order valence-electron chi connectivity index (χ3n) is 3.73. The minimum absolute atomic E-state index is 0.143. The zero-order valence-electron chi connectivity index (χ0n) is 14.2. The molecule has 1 N–H and O–H groups in total. The minimum atomic E-state index is -4.23. The fraction of sp³-hybridized carbons (Fsp3) is 0.0526. The van der Waals surface area contributed by atoms with Gasteiger partial charge in [0.25, 0.3) is 15.3 Å². The molecule has 0 aliphatic carbocycles. The van der Waals surface area contributed by atoms with Crippen LogP contribution in [-0.2, 0) is 14.8 Å². The molecule has 1 amide bonds. The third kappa shape index (κ3) is 4.29. The highest BCUT2D eigenvalue weighted by atomic mass is 32.2. The van der Waals surface area contributed by atoms with Gasteiger partial charge in [0.15, 0.2) is 0 Å².